The van der Waals surface area contributed by atoms with Gasteiger partial charge >= 0.3 is 0 Å². The van der Waals surface area contributed by atoms with Gasteiger partial charge in [-0.05, 0) is 69.3 Å². The highest BCUT2D eigenvalue weighted by atomic mass is 19.1. The standard InChI is InChI=1S/C25H31FN4O2/c1-18(22-17-20(26)8-11-23(22)29-15-13-28(2)14-16-29)27-25(32)19-6-9-21(10-7-19)30-12-4-3-5-24(30)31/h6-11,17-18H,3-5,12-16H2,1-2H3,(H,27,32). The molecule has 2 aliphatic heterocycles. The minimum atomic E-state index is -0.351. The van der Waals surface area contributed by atoms with E-state index < -0.39 is 0 Å². The van der Waals surface area contributed by atoms with E-state index in [0.717, 1.165) is 62.5 Å². The average molecular weight is 439 g/mol. The van der Waals surface area contributed by atoms with Gasteiger partial charge in [-0.3, -0.25) is 9.59 Å². The van der Waals surface area contributed by atoms with E-state index in [1.807, 2.05) is 25.1 Å². The second-order valence-electron chi connectivity index (χ2n) is 8.74. The number of benzene rings is 2. The van der Waals surface area contributed by atoms with E-state index in [4.69, 9.17) is 0 Å². The number of nitrogens with zero attached hydrogens (tertiary/aromatic N) is 3. The summed E-state index contributed by atoms with van der Waals surface area (Å²) < 4.78 is 14.1. The molecule has 2 aromatic carbocycles. The molecule has 1 atom stereocenters. The SMILES string of the molecule is CC(NC(=O)c1ccc(N2CCCCC2=O)cc1)c1cc(F)ccc1N1CCN(C)CC1. The topological polar surface area (TPSA) is 55.9 Å². The van der Waals surface area contributed by atoms with Gasteiger partial charge in [0, 0.05) is 61.6 Å². The number of carbonyl (C=O) groups excluding carboxylic acids is 2. The van der Waals surface area contributed by atoms with Crippen LogP contribution in [0, 0.1) is 5.82 Å². The van der Waals surface area contributed by atoms with Gasteiger partial charge in [-0.2, -0.15) is 0 Å². The third-order valence-corrected chi connectivity index (χ3v) is 6.41. The lowest BCUT2D eigenvalue weighted by Crippen LogP contribution is -2.45. The van der Waals surface area contributed by atoms with Crippen LogP contribution in [0.1, 0.15) is 48.1 Å². The van der Waals surface area contributed by atoms with Crippen molar-refractivity contribution in [1.29, 1.82) is 0 Å². The predicted octanol–water partition coefficient (Wildman–Crippen LogP) is 3.59. The molecule has 4 rings (SSSR count). The van der Waals surface area contributed by atoms with Gasteiger partial charge in [0.2, 0.25) is 5.91 Å². The summed E-state index contributed by atoms with van der Waals surface area (Å²) in [5.41, 5.74) is 3.08. The van der Waals surface area contributed by atoms with Gasteiger partial charge in [0.15, 0.2) is 0 Å². The second kappa shape index (κ2) is 9.69. The van der Waals surface area contributed by atoms with Crippen LogP contribution in [0.25, 0.3) is 0 Å². The fourth-order valence-corrected chi connectivity index (χ4v) is 4.44. The van der Waals surface area contributed by atoms with Crippen molar-refractivity contribution in [3.63, 3.8) is 0 Å². The van der Waals surface area contributed by atoms with Crippen LogP contribution in [0.5, 0.6) is 0 Å². The van der Waals surface area contributed by atoms with Crippen molar-refractivity contribution >= 4 is 23.2 Å². The summed E-state index contributed by atoms with van der Waals surface area (Å²) in [4.78, 5) is 31.3. The van der Waals surface area contributed by atoms with Gasteiger partial charge in [0.1, 0.15) is 5.82 Å². The summed E-state index contributed by atoms with van der Waals surface area (Å²) in [5.74, 6) is -0.401. The molecule has 7 heteroatoms. The van der Waals surface area contributed by atoms with Crippen molar-refractivity contribution in [2.24, 2.45) is 0 Å². The molecule has 32 heavy (non-hydrogen) atoms. The van der Waals surface area contributed by atoms with Crippen LogP contribution < -0.4 is 15.1 Å². The molecule has 0 aliphatic carbocycles. The Morgan fingerprint density at radius 2 is 1.72 bits per heavy atom. The fourth-order valence-electron chi connectivity index (χ4n) is 4.44. The fraction of sp³-hybridized carbons (Fsp3) is 0.440. The molecule has 2 aromatic rings. The Kier molecular flexibility index (Phi) is 6.74. The minimum Gasteiger partial charge on any atom is -0.369 e. The Bertz CT molecular complexity index is 970. The number of rotatable bonds is 5. The molecule has 0 spiro atoms. The zero-order chi connectivity index (χ0) is 22.7. The van der Waals surface area contributed by atoms with Crippen LogP contribution in [0.4, 0.5) is 15.8 Å². The zero-order valence-electron chi connectivity index (χ0n) is 18.8. The number of nitrogens with one attached hydrogen (secondary N) is 1. The van der Waals surface area contributed by atoms with Crippen LogP contribution in [-0.2, 0) is 4.79 Å². The molecule has 0 aromatic heterocycles. The van der Waals surface area contributed by atoms with Crippen molar-refractivity contribution in [2.45, 2.75) is 32.2 Å². The van der Waals surface area contributed by atoms with E-state index in [1.165, 1.54) is 12.1 Å². The van der Waals surface area contributed by atoms with Gasteiger partial charge in [-0.25, -0.2) is 4.39 Å². The highest BCUT2D eigenvalue weighted by Crippen LogP contribution is 2.29. The quantitative estimate of drug-likeness (QED) is 0.775. The number of amides is 2. The Labute approximate surface area is 189 Å². The molecule has 2 fully saturated rings. The lowest BCUT2D eigenvalue weighted by Gasteiger charge is -2.36. The number of carbonyl (C=O) groups is 2. The number of hydrogen-bond donors (Lipinski definition) is 1. The monoisotopic (exact) mass is 438 g/mol. The Hall–Kier alpha value is -2.93. The maximum Gasteiger partial charge on any atom is 0.251 e. The lowest BCUT2D eigenvalue weighted by molar-refractivity contribution is -0.119. The highest BCUT2D eigenvalue weighted by Gasteiger charge is 2.22. The molecule has 1 unspecified atom stereocenters. The number of anilines is 2. The first-order chi connectivity index (χ1) is 15.4. The summed E-state index contributed by atoms with van der Waals surface area (Å²) in [6.07, 6.45) is 2.50. The first-order valence-electron chi connectivity index (χ1n) is 11.4. The number of halogens is 1. The van der Waals surface area contributed by atoms with Gasteiger partial charge in [-0.15, -0.1) is 0 Å². The van der Waals surface area contributed by atoms with Crippen molar-refractivity contribution in [2.75, 3.05) is 49.6 Å². The molecule has 170 valence electrons. The molecular weight excluding hydrogens is 407 g/mol. The normalized spacial score (nSPS) is 18.5. The summed E-state index contributed by atoms with van der Waals surface area (Å²) in [6.45, 7) is 6.23. The van der Waals surface area contributed by atoms with Crippen molar-refractivity contribution in [1.82, 2.24) is 10.2 Å². The van der Waals surface area contributed by atoms with E-state index in [1.54, 1.807) is 17.0 Å². The molecule has 1 N–H and O–H groups in total. The number of likely N-dealkylation sites (N-methyl/N-ethyl adjacent to an activating group) is 1. The van der Waals surface area contributed by atoms with Crippen molar-refractivity contribution in [3.8, 4) is 0 Å². The van der Waals surface area contributed by atoms with Crippen LogP contribution in [-0.4, -0.2) is 56.5 Å². The summed E-state index contributed by atoms with van der Waals surface area (Å²) in [6, 6.07) is 11.6. The molecule has 2 aliphatic rings. The Morgan fingerprint density at radius 3 is 2.41 bits per heavy atom. The average Bonchev–Trinajstić information content (AvgIpc) is 2.80. The van der Waals surface area contributed by atoms with Gasteiger partial charge in [0.05, 0.1) is 6.04 Å². The van der Waals surface area contributed by atoms with Gasteiger partial charge in [-0.1, -0.05) is 0 Å². The molecule has 6 nitrogen and oxygen atoms in total. The molecule has 2 saturated heterocycles. The Morgan fingerprint density at radius 1 is 1.00 bits per heavy atom. The van der Waals surface area contributed by atoms with Crippen LogP contribution in [0.3, 0.4) is 0 Å². The van der Waals surface area contributed by atoms with Crippen LogP contribution >= 0.6 is 0 Å². The molecule has 0 saturated carbocycles. The molecule has 2 heterocycles. The minimum absolute atomic E-state index is 0.129. The molecular formula is C25H31FN4O2. The van der Waals surface area contributed by atoms with E-state index in [2.05, 4.69) is 22.2 Å². The maximum absolute atomic E-state index is 14.1. The number of piperidine rings is 1. The number of piperazine rings is 1. The largest absolute Gasteiger partial charge is 0.369 e. The maximum atomic E-state index is 14.1. The number of hydrogen-bond acceptors (Lipinski definition) is 4. The third kappa shape index (κ3) is 4.93. The summed E-state index contributed by atoms with van der Waals surface area (Å²) >= 11 is 0. The predicted molar refractivity (Wildman–Crippen MR) is 125 cm³/mol. The van der Waals surface area contributed by atoms with E-state index >= 15 is 0 Å². The first-order valence-corrected chi connectivity index (χ1v) is 11.4. The third-order valence-electron chi connectivity index (χ3n) is 6.41. The van der Waals surface area contributed by atoms with Crippen LogP contribution in [0.15, 0.2) is 42.5 Å². The summed E-state index contributed by atoms with van der Waals surface area (Å²) in [5, 5.41) is 3.01. The molecule has 0 bridgehead atoms. The van der Waals surface area contributed by atoms with Crippen molar-refractivity contribution in [3.05, 3.63) is 59.4 Å². The highest BCUT2D eigenvalue weighted by molar-refractivity contribution is 5.97. The van der Waals surface area contributed by atoms with Gasteiger partial charge < -0.3 is 20.0 Å². The van der Waals surface area contributed by atoms with E-state index in [-0.39, 0.29) is 23.7 Å². The summed E-state index contributed by atoms with van der Waals surface area (Å²) in [7, 11) is 2.10. The Balaban J connectivity index is 1.47. The van der Waals surface area contributed by atoms with E-state index in [9.17, 15) is 14.0 Å². The van der Waals surface area contributed by atoms with E-state index in [0.29, 0.717) is 12.0 Å². The smallest absolute Gasteiger partial charge is 0.251 e. The zero-order valence-corrected chi connectivity index (χ0v) is 18.8. The molecule has 0 radical (unpaired) electrons. The van der Waals surface area contributed by atoms with Crippen molar-refractivity contribution < 1.29 is 14.0 Å². The molecule has 2 amide bonds. The van der Waals surface area contributed by atoms with Gasteiger partial charge in [0.25, 0.3) is 5.91 Å². The first kappa shape index (κ1) is 22.3. The lowest BCUT2D eigenvalue weighted by atomic mass is 10.0. The van der Waals surface area contributed by atoms with Crippen LogP contribution in [0.2, 0.25) is 0 Å². The second-order valence-corrected chi connectivity index (χ2v) is 8.74.